The van der Waals surface area contributed by atoms with Gasteiger partial charge in [0.1, 0.15) is 0 Å². The van der Waals surface area contributed by atoms with Crippen molar-refractivity contribution in [2.45, 2.75) is 25.8 Å². The normalized spacial score (nSPS) is 17.3. The van der Waals surface area contributed by atoms with Crippen LogP contribution in [0.2, 0.25) is 5.02 Å². The maximum atomic E-state index is 12.9. The van der Waals surface area contributed by atoms with Gasteiger partial charge in [0, 0.05) is 48.9 Å². The van der Waals surface area contributed by atoms with Crippen molar-refractivity contribution in [1.29, 1.82) is 0 Å². The lowest BCUT2D eigenvalue weighted by Gasteiger charge is -2.35. The zero-order chi connectivity index (χ0) is 21.8. The molecule has 2 aromatic rings. The monoisotopic (exact) mass is 441 g/mol. The molecule has 0 aliphatic carbocycles. The van der Waals surface area contributed by atoms with E-state index < -0.39 is 0 Å². The van der Waals surface area contributed by atoms with E-state index in [9.17, 15) is 9.59 Å². The van der Waals surface area contributed by atoms with E-state index in [1.165, 1.54) is 0 Å². The van der Waals surface area contributed by atoms with Gasteiger partial charge in [-0.25, -0.2) is 0 Å². The smallest absolute Gasteiger partial charge is 0.251 e. The highest BCUT2D eigenvalue weighted by Crippen LogP contribution is 2.29. The number of carbonyl (C=O) groups excluding carboxylic acids is 2. The SMILES string of the molecule is CCC(=O)N1CCc2cc(C(=O)NCC(c3ccc(Cl)cc3)N3CCOCC3)ccc21. The summed E-state index contributed by atoms with van der Waals surface area (Å²) >= 11 is 6.07. The zero-order valence-electron chi connectivity index (χ0n) is 17.8. The van der Waals surface area contributed by atoms with Crippen molar-refractivity contribution in [1.82, 2.24) is 10.2 Å². The molecule has 6 nitrogen and oxygen atoms in total. The first kappa shape index (κ1) is 21.8. The number of nitrogens with one attached hydrogen (secondary N) is 1. The number of rotatable bonds is 6. The summed E-state index contributed by atoms with van der Waals surface area (Å²) in [6.45, 7) is 6.08. The predicted octanol–water partition coefficient (Wildman–Crippen LogP) is 3.44. The minimum absolute atomic E-state index is 0.0530. The van der Waals surface area contributed by atoms with Crippen LogP contribution in [0.1, 0.15) is 40.9 Å². The Balaban J connectivity index is 1.46. The number of amides is 2. The van der Waals surface area contributed by atoms with Gasteiger partial charge in [0.15, 0.2) is 0 Å². The number of benzene rings is 2. The fourth-order valence-electron chi connectivity index (χ4n) is 4.32. The number of anilines is 1. The molecule has 0 bridgehead atoms. The minimum atomic E-state index is -0.102. The second kappa shape index (κ2) is 9.81. The number of fused-ring (bicyclic) bond motifs is 1. The van der Waals surface area contributed by atoms with Crippen molar-refractivity contribution in [3.8, 4) is 0 Å². The highest BCUT2D eigenvalue weighted by molar-refractivity contribution is 6.30. The molecule has 31 heavy (non-hydrogen) atoms. The molecule has 164 valence electrons. The first-order valence-electron chi connectivity index (χ1n) is 10.9. The lowest BCUT2D eigenvalue weighted by atomic mass is 10.0. The van der Waals surface area contributed by atoms with E-state index in [0.717, 1.165) is 36.3 Å². The van der Waals surface area contributed by atoms with Crippen LogP contribution in [0.15, 0.2) is 42.5 Å². The topological polar surface area (TPSA) is 61.9 Å². The average molecular weight is 442 g/mol. The van der Waals surface area contributed by atoms with Crippen molar-refractivity contribution in [3.05, 3.63) is 64.2 Å². The van der Waals surface area contributed by atoms with Gasteiger partial charge >= 0.3 is 0 Å². The summed E-state index contributed by atoms with van der Waals surface area (Å²) in [6.07, 6.45) is 1.26. The molecule has 0 spiro atoms. The van der Waals surface area contributed by atoms with Crippen molar-refractivity contribution >= 4 is 29.1 Å². The maximum absolute atomic E-state index is 12.9. The summed E-state index contributed by atoms with van der Waals surface area (Å²) < 4.78 is 5.50. The van der Waals surface area contributed by atoms with Gasteiger partial charge in [0.2, 0.25) is 5.91 Å². The molecule has 0 radical (unpaired) electrons. The first-order valence-corrected chi connectivity index (χ1v) is 11.2. The van der Waals surface area contributed by atoms with E-state index in [1.54, 1.807) is 0 Å². The molecule has 2 aromatic carbocycles. The number of nitrogens with zero attached hydrogens (tertiary/aromatic N) is 2. The average Bonchev–Trinajstić information content (AvgIpc) is 3.23. The van der Waals surface area contributed by atoms with Crippen LogP contribution in [-0.2, 0) is 16.0 Å². The molecular weight excluding hydrogens is 414 g/mol. The fourth-order valence-corrected chi connectivity index (χ4v) is 4.44. The third-order valence-corrected chi connectivity index (χ3v) is 6.29. The van der Waals surface area contributed by atoms with E-state index >= 15 is 0 Å². The van der Waals surface area contributed by atoms with Gasteiger partial charge in [-0.05, 0) is 47.9 Å². The Morgan fingerprint density at radius 2 is 1.84 bits per heavy atom. The Kier molecular flexibility index (Phi) is 6.90. The molecule has 0 saturated carbocycles. The second-order valence-electron chi connectivity index (χ2n) is 7.92. The fraction of sp³-hybridized carbons (Fsp3) is 0.417. The van der Waals surface area contributed by atoms with Crippen LogP contribution in [-0.4, -0.2) is 56.1 Å². The molecule has 1 unspecified atom stereocenters. The highest BCUT2D eigenvalue weighted by Gasteiger charge is 2.26. The van der Waals surface area contributed by atoms with Crippen LogP contribution in [0.3, 0.4) is 0 Å². The summed E-state index contributed by atoms with van der Waals surface area (Å²) in [6, 6.07) is 13.5. The lowest BCUT2D eigenvalue weighted by Crippen LogP contribution is -2.43. The highest BCUT2D eigenvalue weighted by atomic mass is 35.5. The van der Waals surface area contributed by atoms with Crippen molar-refractivity contribution < 1.29 is 14.3 Å². The van der Waals surface area contributed by atoms with Gasteiger partial charge in [-0.15, -0.1) is 0 Å². The number of ether oxygens (including phenoxy) is 1. The van der Waals surface area contributed by atoms with Gasteiger partial charge < -0.3 is 15.0 Å². The predicted molar refractivity (Wildman–Crippen MR) is 122 cm³/mol. The molecule has 0 aromatic heterocycles. The summed E-state index contributed by atoms with van der Waals surface area (Å²) in [4.78, 5) is 29.2. The number of morpholine rings is 1. The van der Waals surface area contributed by atoms with Crippen molar-refractivity contribution in [2.24, 2.45) is 0 Å². The van der Waals surface area contributed by atoms with Crippen molar-refractivity contribution in [2.75, 3.05) is 44.3 Å². The largest absolute Gasteiger partial charge is 0.379 e. The van der Waals surface area contributed by atoms with Crippen molar-refractivity contribution in [3.63, 3.8) is 0 Å². The Bertz CT molecular complexity index is 942. The standard InChI is InChI=1S/C24H28ClN3O3/c1-2-23(29)28-10-9-18-15-19(5-8-21(18)28)24(30)26-16-22(27-11-13-31-14-12-27)17-3-6-20(25)7-4-17/h3-8,15,22H,2,9-14,16H2,1H3,(H,26,30). The number of halogens is 1. The molecule has 2 aliphatic heterocycles. The van der Waals surface area contributed by atoms with Crippen LogP contribution < -0.4 is 10.2 Å². The Morgan fingerprint density at radius 3 is 2.55 bits per heavy atom. The second-order valence-corrected chi connectivity index (χ2v) is 8.35. The third-order valence-electron chi connectivity index (χ3n) is 6.04. The van der Waals surface area contributed by atoms with Crippen LogP contribution in [0.4, 0.5) is 5.69 Å². The van der Waals surface area contributed by atoms with E-state index in [1.807, 2.05) is 54.3 Å². The molecule has 1 atom stereocenters. The molecule has 4 rings (SSSR count). The zero-order valence-corrected chi connectivity index (χ0v) is 18.5. The maximum Gasteiger partial charge on any atom is 0.251 e. The van der Waals surface area contributed by atoms with E-state index in [4.69, 9.17) is 16.3 Å². The quantitative estimate of drug-likeness (QED) is 0.745. The van der Waals surface area contributed by atoms with Gasteiger partial charge in [0.25, 0.3) is 5.91 Å². The molecule has 1 fully saturated rings. The summed E-state index contributed by atoms with van der Waals surface area (Å²) in [7, 11) is 0. The third kappa shape index (κ3) is 4.92. The summed E-state index contributed by atoms with van der Waals surface area (Å²) in [5.74, 6) is 0.0163. The molecule has 2 aliphatic rings. The Hall–Kier alpha value is -2.41. The molecular formula is C24H28ClN3O3. The van der Waals surface area contributed by atoms with Crippen LogP contribution >= 0.6 is 11.6 Å². The molecule has 7 heteroatoms. The van der Waals surface area contributed by atoms with Gasteiger partial charge in [-0.3, -0.25) is 14.5 Å². The summed E-state index contributed by atoms with van der Waals surface area (Å²) in [5.41, 5.74) is 3.73. The van der Waals surface area contributed by atoms with E-state index in [-0.39, 0.29) is 17.9 Å². The first-order chi connectivity index (χ1) is 15.1. The molecule has 2 heterocycles. The van der Waals surface area contributed by atoms with Crippen LogP contribution in [0.25, 0.3) is 0 Å². The number of hydrogen-bond acceptors (Lipinski definition) is 4. The number of hydrogen-bond donors (Lipinski definition) is 1. The summed E-state index contributed by atoms with van der Waals surface area (Å²) in [5, 5.41) is 3.81. The molecule has 2 amide bonds. The van der Waals surface area contributed by atoms with E-state index in [0.29, 0.717) is 43.3 Å². The van der Waals surface area contributed by atoms with Gasteiger partial charge in [0.05, 0.1) is 19.3 Å². The Morgan fingerprint density at radius 1 is 1.10 bits per heavy atom. The van der Waals surface area contributed by atoms with E-state index in [2.05, 4.69) is 10.2 Å². The van der Waals surface area contributed by atoms with Gasteiger partial charge in [-0.2, -0.15) is 0 Å². The lowest BCUT2D eigenvalue weighted by molar-refractivity contribution is -0.118. The minimum Gasteiger partial charge on any atom is -0.379 e. The number of carbonyl (C=O) groups is 2. The van der Waals surface area contributed by atoms with Crippen LogP contribution in [0, 0.1) is 0 Å². The van der Waals surface area contributed by atoms with Crippen LogP contribution in [0.5, 0.6) is 0 Å². The van der Waals surface area contributed by atoms with Gasteiger partial charge in [-0.1, -0.05) is 30.7 Å². The molecule has 1 N–H and O–H groups in total. The Labute approximate surface area is 188 Å². The molecule has 1 saturated heterocycles.